The van der Waals surface area contributed by atoms with Gasteiger partial charge in [0.2, 0.25) is 0 Å². The second kappa shape index (κ2) is 9.66. The molecular weight excluding hydrogens is 355 g/mol. The summed E-state index contributed by atoms with van der Waals surface area (Å²) in [6.45, 7) is 0. The molecule has 0 saturated carbocycles. The van der Waals surface area contributed by atoms with E-state index in [1.54, 1.807) is 0 Å². The SMILES string of the molecule is O=S(=O)([O-])[O-].O=S(=O)([O-])[O-].[Ce+3].[Na+]. The second-order valence-corrected chi connectivity index (χ2v) is 2.45. The first-order chi connectivity index (χ1) is 4.00. The van der Waals surface area contributed by atoms with Gasteiger partial charge in [0.05, 0.1) is 0 Å². The Balaban J connectivity index is -0.0000000457. The van der Waals surface area contributed by atoms with E-state index in [0.29, 0.717) is 0 Å². The first-order valence-corrected chi connectivity index (χ1v) is 4.00. The minimum Gasteiger partial charge on any atom is -0.759 e. The van der Waals surface area contributed by atoms with Crippen LogP contribution in [0.5, 0.6) is 0 Å². The van der Waals surface area contributed by atoms with Gasteiger partial charge in [0, 0.05) is 20.8 Å². The Bertz CT molecular complexity index is 213. The van der Waals surface area contributed by atoms with Gasteiger partial charge in [-0.1, -0.05) is 0 Å². The molecule has 0 unspecified atom stereocenters. The molecule has 0 aliphatic heterocycles. The standard InChI is InChI=1S/Ce.Na.2H2O4S/c;;2*1-5(2,3)4/h;;2*(H2,1,2,3,4)/q+3;+1;;/p-4. The van der Waals surface area contributed by atoms with Gasteiger partial charge in [-0.2, -0.15) is 0 Å². The predicted molar refractivity (Wildman–Crippen MR) is 20.9 cm³/mol. The summed E-state index contributed by atoms with van der Waals surface area (Å²) >= 11 is 0. The Hall–Kier alpha value is 2.12. The van der Waals surface area contributed by atoms with Crippen LogP contribution in [-0.4, -0.2) is 35.0 Å². The zero-order valence-electron chi connectivity index (χ0n) is 5.58. The van der Waals surface area contributed by atoms with E-state index >= 15 is 0 Å². The summed E-state index contributed by atoms with van der Waals surface area (Å²) < 4.78 is 68.2. The zero-order chi connectivity index (χ0) is 9.00. The fourth-order valence-corrected chi connectivity index (χ4v) is 0. The van der Waals surface area contributed by atoms with Crippen LogP contribution in [0, 0.1) is 41.7 Å². The molecule has 0 aromatic carbocycles. The van der Waals surface area contributed by atoms with Crippen LogP contribution in [0.2, 0.25) is 0 Å². The van der Waals surface area contributed by atoms with Gasteiger partial charge in [-0.15, -0.1) is 0 Å². The summed E-state index contributed by atoms with van der Waals surface area (Å²) in [6, 6.07) is 0. The monoisotopic (exact) mass is 355 g/mol. The molecule has 0 N–H and O–H groups in total. The summed E-state index contributed by atoms with van der Waals surface area (Å²) in [5.41, 5.74) is 0. The normalized spacial score (nSPS) is 9.67. The van der Waals surface area contributed by atoms with E-state index in [4.69, 9.17) is 35.0 Å². The molecule has 0 rings (SSSR count). The second-order valence-electron chi connectivity index (χ2n) is 0.816. The van der Waals surface area contributed by atoms with Crippen LogP contribution in [-0.2, 0) is 20.8 Å². The Labute approximate surface area is 125 Å². The van der Waals surface area contributed by atoms with Gasteiger partial charge < -0.3 is 18.2 Å². The van der Waals surface area contributed by atoms with E-state index < -0.39 is 20.8 Å². The van der Waals surface area contributed by atoms with Crippen LogP contribution in [0.1, 0.15) is 0 Å². The van der Waals surface area contributed by atoms with Crippen LogP contribution in [0.4, 0.5) is 0 Å². The summed E-state index contributed by atoms with van der Waals surface area (Å²) in [6.07, 6.45) is 0. The fourth-order valence-electron chi connectivity index (χ4n) is 0. The molecule has 0 aromatic rings. The smallest absolute Gasteiger partial charge is 0.759 e. The summed E-state index contributed by atoms with van der Waals surface area (Å²) in [5.74, 6) is 0. The summed E-state index contributed by atoms with van der Waals surface area (Å²) in [7, 11) is -10.3. The molecule has 0 aliphatic rings. The zero-order valence-corrected chi connectivity index (χ0v) is 12.4. The summed E-state index contributed by atoms with van der Waals surface area (Å²) in [4.78, 5) is 0. The Kier molecular flexibility index (Phi) is 19.1. The van der Waals surface area contributed by atoms with E-state index in [1.807, 2.05) is 0 Å². The third kappa shape index (κ3) is 334. The molecule has 0 aromatic heterocycles. The molecule has 0 amide bonds. The van der Waals surface area contributed by atoms with Gasteiger partial charge in [-0.25, -0.2) is 0 Å². The first-order valence-electron chi connectivity index (χ1n) is 1.33. The third-order valence-corrected chi connectivity index (χ3v) is 0. The van der Waals surface area contributed by atoms with Crippen LogP contribution in [0.15, 0.2) is 0 Å². The van der Waals surface area contributed by atoms with Crippen molar-refractivity contribution < 1.29 is 106 Å². The van der Waals surface area contributed by atoms with E-state index in [2.05, 4.69) is 0 Å². The Morgan fingerprint density at radius 2 is 0.667 bits per heavy atom. The van der Waals surface area contributed by atoms with Crippen molar-refractivity contribution in [3.05, 3.63) is 0 Å². The maximum atomic E-state index is 8.52. The largest absolute Gasteiger partial charge is 3.00 e. The molecule has 0 bridgehead atoms. The van der Waals surface area contributed by atoms with Crippen molar-refractivity contribution in [2.24, 2.45) is 0 Å². The Morgan fingerprint density at radius 1 is 0.667 bits per heavy atom. The molecule has 0 spiro atoms. The van der Waals surface area contributed by atoms with Gasteiger partial charge in [0.15, 0.2) is 0 Å². The van der Waals surface area contributed by atoms with E-state index in [9.17, 15) is 0 Å². The molecule has 1 radical (unpaired) electrons. The molecule has 8 nitrogen and oxygen atoms in total. The molecule has 0 aliphatic carbocycles. The molecule has 0 saturated heterocycles. The van der Waals surface area contributed by atoms with Gasteiger partial charge >= 0.3 is 71.3 Å². The van der Waals surface area contributed by atoms with E-state index in [1.165, 1.54) is 0 Å². The molecule has 0 heterocycles. The molecule has 12 heavy (non-hydrogen) atoms. The predicted octanol–water partition coefficient (Wildman–Crippen LogP) is -5.67. The Morgan fingerprint density at radius 3 is 0.667 bits per heavy atom. The third-order valence-electron chi connectivity index (χ3n) is 0. The molecule has 0 fully saturated rings. The molecule has 65 valence electrons. The number of hydrogen-bond acceptors (Lipinski definition) is 8. The van der Waals surface area contributed by atoms with Crippen LogP contribution in [0.3, 0.4) is 0 Å². The maximum absolute atomic E-state index is 8.52. The first kappa shape index (κ1) is 23.7. The van der Waals surface area contributed by atoms with Crippen LogP contribution in [0.25, 0.3) is 0 Å². The minimum atomic E-state index is -5.17. The quantitative estimate of drug-likeness (QED) is 0.236. The van der Waals surface area contributed by atoms with Crippen molar-refractivity contribution in [3.8, 4) is 0 Å². The van der Waals surface area contributed by atoms with E-state index in [-0.39, 0.29) is 71.3 Å². The summed E-state index contributed by atoms with van der Waals surface area (Å²) in [5, 5.41) is 0. The fraction of sp³-hybridized carbons (Fsp3) is 0. The average Bonchev–Trinajstić information content (AvgIpc) is 1.12. The van der Waals surface area contributed by atoms with Crippen molar-refractivity contribution >= 4 is 20.8 Å². The van der Waals surface area contributed by atoms with Gasteiger partial charge in [-0.05, 0) is 0 Å². The molecular formula is CeNaO8S2. The molecule has 0 atom stereocenters. The van der Waals surface area contributed by atoms with Crippen molar-refractivity contribution in [3.63, 3.8) is 0 Å². The average molecular weight is 355 g/mol. The maximum Gasteiger partial charge on any atom is 3.00 e. The van der Waals surface area contributed by atoms with Crippen molar-refractivity contribution in [1.29, 1.82) is 0 Å². The molecule has 12 heteroatoms. The number of hydrogen-bond donors (Lipinski definition) is 0. The van der Waals surface area contributed by atoms with Gasteiger partial charge in [0.25, 0.3) is 0 Å². The number of rotatable bonds is 0. The van der Waals surface area contributed by atoms with Crippen LogP contribution < -0.4 is 29.6 Å². The van der Waals surface area contributed by atoms with Crippen molar-refractivity contribution in [2.75, 3.05) is 0 Å². The van der Waals surface area contributed by atoms with Gasteiger partial charge in [0.1, 0.15) is 0 Å². The van der Waals surface area contributed by atoms with E-state index in [0.717, 1.165) is 0 Å². The van der Waals surface area contributed by atoms with Crippen molar-refractivity contribution in [2.45, 2.75) is 0 Å². The van der Waals surface area contributed by atoms with Gasteiger partial charge in [-0.3, -0.25) is 16.8 Å². The topological polar surface area (TPSA) is 161 Å². The van der Waals surface area contributed by atoms with Crippen LogP contribution >= 0.6 is 0 Å². The minimum absolute atomic E-state index is 0. The van der Waals surface area contributed by atoms with Crippen molar-refractivity contribution in [1.82, 2.24) is 0 Å².